The van der Waals surface area contributed by atoms with Crippen LogP contribution in [0.5, 0.6) is 0 Å². The first kappa shape index (κ1) is 28.1. The molecule has 0 N–H and O–H groups in total. The minimum atomic E-state index is -0.488. The monoisotopic (exact) mass is 533 g/mol. The number of pyridine rings is 1. The highest BCUT2D eigenvalue weighted by atomic mass is 35.5. The summed E-state index contributed by atoms with van der Waals surface area (Å²) < 4.78 is 5.63. The number of hydrogen-bond donors (Lipinski definition) is 0. The lowest BCUT2D eigenvalue weighted by atomic mass is 9.76. The van der Waals surface area contributed by atoms with Crippen molar-refractivity contribution >= 4 is 35.6 Å². The van der Waals surface area contributed by atoms with Crippen LogP contribution in [0.15, 0.2) is 53.8 Å². The molecular weight excluding hydrogens is 494 g/mol. The van der Waals surface area contributed by atoms with Gasteiger partial charge in [0.25, 0.3) is 0 Å². The number of aromatic nitrogens is 1. The Labute approximate surface area is 232 Å². The quantitative estimate of drug-likeness (QED) is 0.264. The number of carbonyl (C=O) groups is 1. The summed E-state index contributed by atoms with van der Waals surface area (Å²) in [6.07, 6.45) is 15.7. The van der Waals surface area contributed by atoms with E-state index in [1.54, 1.807) is 0 Å². The molecule has 4 rings (SSSR count). The summed E-state index contributed by atoms with van der Waals surface area (Å²) in [5, 5.41) is 0.747. The van der Waals surface area contributed by atoms with E-state index < -0.39 is 5.60 Å². The molecule has 0 saturated carbocycles. The van der Waals surface area contributed by atoms with Gasteiger partial charge in [0.15, 0.2) is 0 Å². The Bertz CT molecular complexity index is 1200. The Hall–Kier alpha value is -2.92. The van der Waals surface area contributed by atoms with Crippen LogP contribution in [-0.4, -0.2) is 40.9 Å². The molecule has 5 nitrogen and oxygen atoms in total. The molecule has 6 heteroatoms. The van der Waals surface area contributed by atoms with E-state index in [1.165, 1.54) is 22.3 Å². The van der Waals surface area contributed by atoms with Crippen molar-refractivity contribution in [3.05, 3.63) is 76.2 Å². The highest BCUT2D eigenvalue weighted by Gasteiger charge is 2.36. The second-order valence-corrected chi connectivity index (χ2v) is 11.7. The van der Waals surface area contributed by atoms with E-state index >= 15 is 0 Å². The number of amides is 1. The zero-order valence-corrected chi connectivity index (χ0v) is 23.9. The average molecular weight is 534 g/mol. The fourth-order valence-electron chi connectivity index (χ4n) is 5.50. The molecular formula is C32H40ClN3O2. The lowest BCUT2D eigenvalue weighted by Crippen LogP contribution is -2.42. The lowest BCUT2D eigenvalue weighted by Gasteiger charge is -2.37. The summed E-state index contributed by atoms with van der Waals surface area (Å²) >= 11 is 6.49. The maximum absolute atomic E-state index is 12.7. The largest absolute Gasteiger partial charge is 0.444 e. The van der Waals surface area contributed by atoms with E-state index in [4.69, 9.17) is 21.3 Å². The number of likely N-dealkylation sites (tertiary alicyclic amines) is 1. The number of nitrogens with zero attached hydrogens (tertiary/aromatic N) is 3. The normalized spacial score (nSPS) is 18.3. The number of unbranched alkanes of at least 4 members (excludes halogenated alkanes) is 2. The molecule has 202 valence electrons. The van der Waals surface area contributed by atoms with Gasteiger partial charge in [0.2, 0.25) is 0 Å². The first-order valence-corrected chi connectivity index (χ1v) is 14.2. The first-order valence-electron chi connectivity index (χ1n) is 13.8. The molecule has 2 aromatic rings. The number of benzene rings is 1. The number of carbonyl (C=O) groups excluding carboxylic acids is 1. The van der Waals surface area contributed by atoms with Gasteiger partial charge in [-0.3, -0.25) is 9.98 Å². The summed E-state index contributed by atoms with van der Waals surface area (Å²) in [6, 6.07) is 10.5. The number of allylic oxidation sites excluding steroid dienone is 2. The molecule has 2 aliphatic rings. The zero-order valence-electron chi connectivity index (χ0n) is 23.1. The minimum Gasteiger partial charge on any atom is -0.444 e. The van der Waals surface area contributed by atoms with Crippen LogP contribution in [0.2, 0.25) is 5.02 Å². The second kappa shape index (κ2) is 12.8. The third-order valence-electron chi connectivity index (χ3n) is 7.23. The van der Waals surface area contributed by atoms with Gasteiger partial charge in [0.05, 0.1) is 5.69 Å². The van der Waals surface area contributed by atoms with Crippen molar-refractivity contribution in [1.82, 2.24) is 9.88 Å². The van der Waals surface area contributed by atoms with Crippen LogP contribution >= 0.6 is 11.6 Å². The molecule has 2 heterocycles. The van der Waals surface area contributed by atoms with Gasteiger partial charge < -0.3 is 9.64 Å². The van der Waals surface area contributed by atoms with Crippen molar-refractivity contribution < 1.29 is 9.53 Å². The summed E-state index contributed by atoms with van der Waals surface area (Å²) in [7, 11) is 0. The van der Waals surface area contributed by atoms with Crippen LogP contribution in [0.3, 0.4) is 0 Å². The van der Waals surface area contributed by atoms with E-state index in [0.29, 0.717) is 19.0 Å². The molecule has 1 aliphatic heterocycles. The molecule has 1 fully saturated rings. The maximum atomic E-state index is 12.7. The molecule has 1 aliphatic carbocycles. The molecule has 1 unspecified atom stereocenters. The summed E-state index contributed by atoms with van der Waals surface area (Å²) in [5.74, 6) is 0.527. The predicted octanol–water partition coefficient (Wildman–Crippen LogP) is 8.53. The molecule has 38 heavy (non-hydrogen) atoms. The lowest BCUT2D eigenvalue weighted by molar-refractivity contribution is 0.0178. The minimum absolute atomic E-state index is 0.154. The number of piperidine rings is 1. The molecule has 1 amide bonds. The highest BCUT2D eigenvalue weighted by Crippen LogP contribution is 2.45. The van der Waals surface area contributed by atoms with Crippen molar-refractivity contribution in [2.45, 2.75) is 77.7 Å². The van der Waals surface area contributed by atoms with E-state index in [-0.39, 0.29) is 12.0 Å². The van der Waals surface area contributed by atoms with Crippen LogP contribution in [-0.2, 0) is 4.74 Å². The second-order valence-electron chi connectivity index (χ2n) is 11.2. The molecule has 1 saturated heterocycles. The third-order valence-corrected chi connectivity index (χ3v) is 7.46. The molecule has 0 radical (unpaired) electrons. The SMILES string of the molecule is C/C=C\N=CCCCCC1=Cc2cc(Cl)ccc2C(C2CCN(C(=O)OC(C)(C)C)CC2)c2ncccc21. The van der Waals surface area contributed by atoms with Gasteiger partial charge in [-0.2, -0.15) is 0 Å². The van der Waals surface area contributed by atoms with Crippen LogP contribution < -0.4 is 0 Å². The summed E-state index contributed by atoms with van der Waals surface area (Å²) in [6.45, 7) is 9.09. The van der Waals surface area contributed by atoms with Crippen LogP contribution in [0, 0.1) is 5.92 Å². The zero-order chi connectivity index (χ0) is 27.1. The Morgan fingerprint density at radius 1 is 1.21 bits per heavy atom. The van der Waals surface area contributed by atoms with Gasteiger partial charge in [0, 0.05) is 42.6 Å². The van der Waals surface area contributed by atoms with Gasteiger partial charge in [-0.25, -0.2) is 4.79 Å². The van der Waals surface area contributed by atoms with Gasteiger partial charge in [-0.1, -0.05) is 35.9 Å². The number of ether oxygens (including phenoxy) is 1. The standard InChI is InChI=1S/C32H40ClN3O2/c1-5-16-34-17-8-6-7-10-24-21-25-22-26(33)12-13-27(25)29(30-28(24)11-9-18-35-30)23-14-19-36(20-15-23)31(37)38-32(2,3)4/h5,9,11-13,16-18,21-23,29H,6-8,10,14-15,19-20H2,1-4H3/b16-5-,34-17?. The summed E-state index contributed by atoms with van der Waals surface area (Å²) in [4.78, 5) is 23.8. The van der Waals surface area contributed by atoms with E-state index in [9.17, 15) is 4.79 Å². The van der Waals surface area contributed by atoms with Gasteiger partial charge >= 0.3 is 6.09 Å². The smallest absolute Gasteiger partial charge is 0.410 e. The van der Waals surface area contributed by atoms with Crippen molar-refractivity contribution in [3.8, 4) is 0 Å². The van der Waals surface area contributed by atoms with Crippen molar-refractivity contribution in [2.24, 2.45) is 10.9 Å². The number of fused-ring (bicyclic) bond motifs is 2. The van der Waals surface area contributed by atoms with Crippen molar-refractivity contribution in [3.63, 3.8) is 0 Å². The van der Waals surface area contributed by atoms with Gasteiger partial charge in [0.1, 0.15) is 5.60 Å². The molecule has 1 aromatic carbocycles. The molecule has 0 spiro atoms. The Kier molecular flexibility index (Phi) is 9.43. The van der Waals surface area contributed by atoms with Crippen LogP contribution in [0.1, 0.15) is 94.5 Å². The van der Waals surface area contributed by atoms with E-state index in [0.717, 1.165) is 49.2 Å². The Balaban J connectivity index is 1.58. The number of aliphatic imine (C=N–C) groups is 1. The predicted molar refractivity (Wildman–Crippen MR) is 158 cm³/mol. The van der Waals surface area contributed by atoms with Crippen molar-refractivity contribution in [1.29, 1.82) is 0 Å². The number of hydrogen-bond acceptors (Lipinski definition) is 4. The Morgan fingerprint density at radius 3 is 2.74 bits per heavy atom. The third kappa shape index (κ3) is 7.13. The first-order chi connectivity index (χ1) is 18.3. The Morgan fingerprint density at radius 2 is 2.00 bits per heavy atom. The van der Waals surface area contributed by atoms with Gasteiger partial charge in [-0.15, -0.1) is 0 Å². The highest BCUT2D eigenvalue weighted by molar-refractivity contribution is 6.30. The number of rotatable bonds is 7. The topological polar surface area (TPSA) is 54.8 Å². The number of halogens is 1. The summed E-state index contributed by atoms with van der Waals surface area (Å²) in [5.41, 5.74) is 5.67. The molecule has 1 atom stereocenters. The van der Waals surface area contributed by atoms with E-state index in [2.05, 4.69) is 29.3 Å². The maximum Gasteiger partial charge on any atom is 0.410 e. The van der Waals surface area contributed by atoms with E-state index in [1.807, 2.05) is 69.4 Å². The molecule has 1 aromatic heterocycles. The molecule has 0 bridgehead atoms. The van der Waals surface area contributed by atoms with Crippen LogP contribution in [0.4, 0.5) is 4.79 Å². The fourth-order valence-corrected chi connectivity index (χ4v) is 5.68. The van der Waals surface area contributed by atoms with Crippen LogP contribution in [0.25, 0.3) is 11.6 Å². The van der Waals surface area contributed by atoms with Gasteiger partial charge in [-0.05, 0) is 113 Å². The average Bonchev–Trinajstić information content (AvgIpc) is 3.01. The van der Waals surface area contributed by atoms with Crippen molar-refractivity contribution in [2.75, 3.05) is 13.1 Å². The fraction of sp³-hybridized carbons (Fsp3) is 0.469.